The lowest BCUT2D eigenvalue weighted by atomic mass is 10.2. The number of hydrogen-bond acceptors (Lipinski definition) is 7. The van der Waals surface area contributed by atoms with E-state index in [0.29, 0.717) is 23.0 Å². The average molecular weight is 432 g/mol. The van der Waals surface area contributed by atoms with Gasteiger partial charge in [0, 0.05) is 34.2 Å². The third-order valence-electron chi connectivity index (χ3n) is 4.40. The van der Waals surface area contributed by atoms with Crippen LogP contribution in [0.5, 0.6) is 5.75 Å². The number of amides is 1. The van der Waals surface area contributed by atoms with E-state index >= 15 is 0 Å². The molecule has 0 saturated carbocycles. The number of anilines is 5. The van der Waals surface area contributed by atoms with Gasteiger partial charge in [0.15, 0.2) is 0 Å². The molecule has 8 heteroatoms. The number of nitrogens with one attached hydrogen (secondary N) is 3. The van der Waals surface area contributed by atoms with E-state index in [4.69, 9.17) is 4.74 Å². The predicted molar refractivity (Wildman–Crippen MR) is 125 cm³/mol. The third-order valence-corrected chi connectivity index (χ3v) is 5.08. The highest BCUT2D eigenvalue weighted by molar-refractivity contribution is 7.08. The monoisotopic (exact) mass is 431 g/mol. The van der Waals surface area contributed by atoms with Crippen LogP contribution in [0.15, 0.2) is 71.4 Å². The molecule has 7 nitrogen and oxygen atoms in total. The summed E-state index contributed by atoms with van der Waals surface area (Å²) < 4.78 is 5.19. The normalized spacial score (nSPS) is 10.4. The molecule has 2 aromatic carbocycles. The molecule has 4 rings (SSSR count). The van der Waals surface area contributed by atoms with Gasteiger partial charge in [-0.2, -0.15) is 16.3 Å². The summed E-state index contributed by atoms with van der Waals surface area (Å²) in [6.45, 7) is 1.91. The minimum atomic E-state index is -0.127. The smallest absolute Gasteiger partial charge is 0.256 e. The van der Waals surface area contributed by atoms with Gasteiger partial charge in [0.2, 0.25) is 5.95 Å². The van der Waals surface area contributed by atoms with E-state index < -0.39 is 0 Å². The van der Waals surface area contributed by atoms with Crippen LogP contribution in [-0.2, 0) is 0 Å². The van der Waals surface area contributed by atoms with E-state index in [1.165, 1.54) is 11.3 Å². The van der Waals surface area contributed by atoms with Crippen molar-refractivity contribution in [3.8, 4) is 5.75 Å². The number of ether oxygens (including phenoxy) is 1. The number of aromatic nitrogens is 2. The quantitative estimate of drug-likeness (QED) is 0.353. The molecule has 0 unspecified atom stereocenters. The minimum Gasteiger partial charge on any atom is -0.497 e. The van der Waals surface area contributed by atoms with Crippen molar-refractivity contribution in [1.82, 2.24) is 9.97 Å². The van der Waals surface area contributed by atoms with Gasteiger partial charge in [0.05, 0.1) is 12.7 Å². The van der Waals surface area contributed by atoms with E-state index in [-0.39, 0.29) is 5.91 Å². The van der Waals surface area contributed by atoms with Crippen molar-refractivity contribution in [3.05, 3.63) is 82.7 Å². The topological polar surface area (TPSA) is 88.2 Å². The fourth-order valence-corrected chi connectivity index (χ4v) is 3.51. The van der Waals surface area contributed by atoms with Gasteiger partial charge in [0.25, 0.3) is 5.91 Å². The Kier molecular flexibility index (Phi) is 6.09. The summed E-state index contributed by atoms with van der Waals surface area (Å²) >= 11 is 1.49. The Morgan fingerprint density at radius 1 is 0.903 bits per heavy atom. The fourth-order valence-electron chi connectivity index (χ4n) is 2.87. The first kappa shape index (κ1) is 20.4. The highest BCUT2D eigenvalue weighted by Gasteiger charge is 2.07. The van der Waals surface area contributed by atoms with Crippen molar-refractivity contribution in [1.29, 1.82) is 0 Å². The Labute approximate surface area is 184 Å². The van der Waals surface area contributed by atoms with Gasteiger partial charge in [-0.15, -0.1) is 0 Å². The lowest BCUT2D eigenvalue weighted by Gasteiger charge is -2.11. The summed E-state index contributed by atoms with van der Waals surface area (Å²) in [4.78, 5) is 21.1. The molecule has 0 aliphatic heterocycles. The minimum absolute atomic E-state index is 0.127. The molecule has 0 spiro atoms. The third kappa shape index (κ3) is 5.37. The molecule has 2 aromatic heterocycles. The number of methoxy groups -OCH3 is 1. The standard InChI is InChI=1S/C23H21N5O2S/c1-15-13-21(25-17-7-9-20(30-2)10-8-17)28-23(24-15)27-19-5-3-18(4-6-19)26-22(29)16-11-12-31-14-16/h3-14H,1-2H3,(H,26,29)(H2,24,25,27,28). The van der Waals surface area contributed by atoms with E-state index in [0.717, 1.165) is 22.8 Å². The highest BCUT2D eigenvalue weighted by atomic mass is 32.1. The summed E-state index contributed by atoms with van der Waals surface area (Å²) in [5.41, 5.74) is 3.91. The number of rotatable bonds is 7. The molecule has 0 saturated heterocycles. The van der Waals surface area contributed by atoms with Crippen molar-refractivity contribution < 1.29 is 9.53 Å². The zero-order valence-electron chi connectivity index (χ0n) is 17.0. The summed E-state index contributed by atoms with van der Waals surface area (Å²) in [7, 11) is 1.64. The predicted octanol–water partition coefficient (Wildman–Crippen LogP) is 5.59. The molecule has 4 aromatic rings. The van der Waals surface area contributed by atoms with Gasteiger partial charge in [-0.1, -0.05) is 0 Å². The second-order valence-corrected chi connectivity index (χ2v) is 7.52. The molecule has 0 fully saturated rings. The van der Waals surface area contributed by atoms with Crippen molar-refractivity contribution >= 4 is 46.1 Å². The molecular formula is C23H21N5O2S. The van der Waals surface area contributed by atoms with Crippen LogP contribution in [-0.4, -0.2) is 23.0 Å². The van der Waals surface area contributed by atoms with Crippen molar-refractivity contribution in [3.63, 3.8) is 0 Å². The van der Waals surface area contributed by atoms with Crippen LogP contribution < -0.4 is 20.7 Å². The molecule has 0 aliphatic carbocycles. The number of thiophene rings is 1. The Hall–Kier alpha value is -3.91. The highest BCUT2D eigenvalue weighted by Crippen LogP contribution is 2.22. The molecule has 31 heavy (non-hydrogen) atoms. The van der Waals surface area contributed by atoms with E-state index in [1.807, 2.05) is 72.3 Å². The number of benzene rings is 2. The molecule has 0 radical (unpaired) electrons. The molecular weight excluding hydrogens is 410 g/mol. The maximum Gasteiger partial charge on any atom is 0.256 e. The Morgan fingerprint density at radius 2 is 1.58 bits per heavy atom. The summed E-state index contributed by atoms with van der Waals surface area (Å²) in [5.74, 6) is 1.82. The average Bonchev–Trinajstić information content (AvgIpc) is 3.30. The fraction of sp³-hybridized carbons (Fsp3) is 0.0870. The molecule has 156 valence electrons. The number of nitrogens with zero attached hydrogens (tertiary/aromatic N) is 2. The maximum absolute atomic E-state index is 12.2. The first-order valence-electron chi connectivity index (χ1n) is 9.56. The lowest BCUT2D eigenvalue weighted by Crippen LogP contribution is -2.10. The zero-order valence-corrected chi connectivity index (χ0v) is 17.9. The summed E-state index contributed by atoms with van der Waals surface area (Å²) in [6, 6.07) is 18.7. The first-order chi connectivity index (χ1) is 15.1. The van der Waals surface area contributed by atoms with Gasteiger partial charge in [0.1, 0.15) is 11.6 Å². The SMILES string of the molecule is COc1ccc(Nc2cc(C)nc(Nc3ccc(NC(=O)c4ccsc4)cc3)n2)cc1. The van der Waals surface area contributed by atoms with Crippen LogP contribution in [0.25, 0.3) is 0 Å². The largest absolute Gasteiger partial charge is 0.497 e. The molecule has 1 amide bonds. The van der Waals surface area contributed by atoms with Gasteiger partial charge in [-0.05, 0) is 66.9 Å². The van der Waals surface area contributed by atoms with Gasteiger partial charge < -0.3 is 20.7 Å². The van der Waals surface area contributed by atoms with Gasteiger partial charge >= 0.3 is 0 Å². The van der Waals surface area contributed by atoms with Crippen LogP contribution in [0.1, 0.15) is 16.1 Å². The van der Waals surface area contributed by atoms with Crippen LogP contribution in [0.3, 0.4) is 0 Å². The Balaban J connectivity index is 1.43. The number of hydrogen-bond donors (Lipinski definition) is 3. The van der Waals surface area contributed by atoms with Gasteiger partial charge in [-0.3, -0.25) is 4.79 Å². The van der Waals surface area contributed by atoms with Crippen LogP contribution in [0.2, 0.25) is 0 Å². The van der Waals surface area contributed by atoms with Crippen molar-refractivity contribution in [2.45, 2.75) is 6.92 Å². The van der Waals surface area contributed by atoms with Gasteiger partial charge in [-0.25, -0.2) is 4.98 Å². The Morgan fingerprint density at radius 3 is 2.26 bits per heavy atom. The lowest BCUT2D eigenvalue weighted by molar-refractivity contribution is 0.102. The molecule has 3 N–H and O–H groups in total. The van der Waals surface area contributed by atoms with E-state index in [9.17, 15) is 4.79 Å². The number of carbonyl (C=O) groups excluding carboxylic acids is 1. The molecule has 0 atom stereocenters. The Bertz CT molecular complexity index is 1160. The van der Waals surface area contributed by atoms with Crippen LogP contribution in [0.4, 0.5) is 28.8 Å². The van der Waals surface area contributed by atoms with E-state index in [1.54, 1.807) is 13.2 Å². The van der Waals surface area contributed by atoms with Crippen molar-refractivity contribution in [2.75, 3.05) is 23.1 Å². The molecule has 0 bridgehead atoms. The zero-order chi connectivity index (χ0) is 21.6. The number of aryl methyl sites for hydroxylation is 1. The molecule has 0 aliphatic rings. The molecule has 2 heterocycles. The summed E-state index contributed by atoms with van der Waals surface area (Å²) in [5, 5.41) is 13.0. The second kappa shape index (κ2) is 9.27. The van der Waals surface area contributed by atoms with Crippen LogP contribution >= 0.6 is 11.3 Å². The summed E-state index contributed by atoms with van der Waals surface area (Å²) in [6.07, 6.45) is 0. The van der Waals surface area contributed by atoms with E-state index in [2.05, 4.69) is 25.9 Å². The first-order valence-corrected chi connectivity index (χ1v) is 10.5. The van der Waals surface area contributed by atoms with Crippen LogP contribution in [0, 0.1) is 6.92 Å². The van der Waals surface area contributed by atoms with Crippen molar-refractivity contribution in [2.24, 2.45) is 0 Å². The second-order valence-electron chi connectivity index (χ2n) is 6.74. The number of carbonyl (C=O) groups is 1. The maximum atomic E-state index is 12.2.